The van der Waals surface area contributed by atoms with Crippen LogP contribution in [-0.2, 0) is 11.2 Å². The van der Waals surface area contributed by atoms with E-state index in [1.54, 1.807) is 0 Å². The highest BCUT2D eigenvalue weighted by Gasteiger charge is 2.15. The van der Waals surface area contributed by atoms with Gasteiger partial charge in [0.25, 0.3) is 0 Å². The lowest BCUT2D eigenvalue weighted by molar-refractivity contribution is -0.130. The minimum Gasteiger partial charge on any atom is -0.341 e. The third-order valence-corrected chi connectivity index (χ3v) is 4.03. The molecule has 0 atom stereocenters. The Morgan fingerprint density at radius 3 is 2.84 bits per heavy atom. The Morgan fingerprint density at radius 1 is 1.26 bits per heavy atom. The largest absolute Gasteiger partial charge is 0.341 e. The topological polar surface area (TPSA) is 32.3 Å². The fraction of sp³-hybridized carbons (Fsp3) is 0.500. The molecule has 1 fully saturated rings. The van der Waals surface area contributed by atoms with Gasteiger partial charge in [-0.3, -0.25) is 4.79 Å². The third-order valence-electron chi connectivity index (χ3n) is 3.26. The van der Waals surface area contributed by atoms with E-state index in [0.717, 1.165) is 43.5 Å². The number of nitrogens with one attached hydrogen (secondary N) is 1. The average molecular weight is 348 g/mol. The summed E-state index contributed by atoms with van der Waals surface area (Å²) >= 11 is 3.52. The van der Waals surface area contributed by atoms with Crippen LogP contribution in [0.15, 0.2) is 28.7 Å². The number of hydrogen-bond donors (Lipinski definition) is 1. The molecule has 1 amide bonds. The van der Waals surface area contributed by atoms with Crippen molar-refractivity contribution < 1.29 is 4.79 Å². The Kier molecular flexibility index (Phi) is 7.42. The third kappa shape index (κ3) is 5.13. The molecule has 1 saturated heterocycles. The number of halogens is 2. The highest BCUT2D eigenvalue weighted by atomic mass is 79.9. The average Bonchev–Trinajstić information content (AvgIpc) is 2.66. The number of nitrogens with zero attached hydrogens (tertiary/aromatic N) is 1. The molecule has 1 N–H and O–H groups in total. The lowest BCUT2D eigenvalue weighted by atomic mass is 10.1. The van der Waals surface area contributed by atoms with Crippen LogP contribution in [0.1, 0.15) is 18.4 Å². The van der Waals surface area contributed by atoms with Crippen molar-refractivity contribution in [3.8, 4) is 0 Å². The van der Waals surface area contributed by atoms with Crippen LogP contribution in [0.5, 0.6) is 0 Å². The maximum absolute atomic E-state index is 12.1. The molecule has 106 valence electrons. The van der Waals surface area contributed by atoms with Crippen LogP contribution < -0.4 is 5.32 Å². The summed E-state index contributed by atoms with van der Waals surface area (Å²) in [6.45, 7) is 3.67. The molecule has 1 aromatic carbocycles. The Balaban J connectivity index is 0.00000180. The number of benzene rings is 1. The Morgan fingerprint density at radius 2 is 2.05 bits per heavy atom. The van der Waals surface area contributed by atoms with Crippen molar-refractivity contribution in [2.45, 2.75) is 19.3 Å². The summed E-state index contributed by atoms with van der Waals surface area (Å²) in [7, 11) is 0. The standard InChI is InChI=1S/C14H19BrN2O.ClH/c15-13-5-2-1-4-12(13)6-7-14(18)17-10-3-8-16-9-11-17;/h1-2,4-5,16H,3,6-11H2;1H. The molecule has 1 aliphatic heterocycles. The lowest BCUT2D eigenvalue weighted by Gasteiger charge is -2.20. The number of hydrogen-bond acceptors (Lipinski definition) is 2. The highest BCUT2D eigenvalue weighted by Crippen LogP contribution is 2.17. The van der Waals surface area contributed by atoms with Crippen LogP contribution in [0.25, 0.3) is 0 Å². The molecule has 1 aliphatic rings. The molecular weight excluding hydrogens is 328 g/mol. The summed E-state index contributed by atoms with van der Waals surface area (Å²) < 4.78 is 1.09. The molecule has 5 heteroatoms. The van der Waals surface area contributed by atoms with E-state index in [-0.39, 0.29) is 18.3 Å². The summed E-state index contributed by atoms with van der Waals surface area (Å²) in [5.74, 6) is 0.273. The molecule has 1 aromatic rings. The summed E-state index contributed by atoms with van der Waals surface area (Å²) in [6, 6.07) is 8.10. The predicted molar refractivity (Wildman–Crippen MR) is 83.8 cm³/mol. The van der Waals surface area contributed by atoms with Gasteiger partial charge in [-0.1, -0.05) is 34.1 Å². The maximum Gasteiger partial charge on any atom is 0.222 e. The molecular formula is C14H20BrClN2O. The van der Waals surface area contributed by atoms with Crippen molar-refractivity contribution in [3.63, 3.8) is 0 Å². The van der Waals surface area contributed by atoms with Crippen molar-refractivity contribution >= 4 is 34.2 Å². The van der Waals surface area contributed by atoms with E-state index < -0.39 is 0 Å². The SMILES string of the molecule is Cl.O=C(CCc1ccccc1Br)N1CCCNCC1. The Hall–Kier alpha value is -0.580. The summed E-state index contributed by atoms with van der Waals surface area (Å²) in [4.78, 5) is 14.1. The van der Waals surface area contributed by atoms with E-state index in [2.05, 4.69) is 27.3 Å². The van der Waals surface area contributed by atoms with Gasteiger partial charge in [0.05, 0.1) is 0 Å². The van der Waals surface area contributed by atoms with Crippen LogP contribution in [0, 0.1) is 0 Å². The molecule has 0 aliphatic carbocycles. The van der Waals surface area contributed by atoms with Gasteiger partial charge in [0, 0.05) is 30.5 Å². The predicted octanol–water partition coefficient (Wildman–Crippen LogP) is 2.63. The quantitative estimate of drug-likeness (QED) is 0.911. The van der Waals surface area contributed by atoms with Crippen molar-refractivity contribution in [1.82, 2.24) is 10.2 Å². The lowest BCUT2D eigenvalue weighted by Crippen LogP contribution is -2.34. The van der Waals surface area contributed by atoms with Gasteiger partial charge in [-0.25, -0.2) is 0 Å². The van der Waals surface area contributed by atoms with Crippen LogP contribution >= 0.6 is 28.3 Å². The van der Waals surface area contributed by atoms with E-state index in [9.17, 15) is 4.79 Å². The first-order chi connectivity index (χ1) is 8.77. The molecule has 0 unspecified atom stereocenters. The second-order valence-corrected chi connectivity index (χ2v) is 5.43. The number of aryl methyl sites for hydroxylation is 1. The normalized spacial score (nSPS) is 15.5. The van der Waals surface area contributed by atoms with E-state index in [4.69, 9.17) is 0 Å². The van der Waals surface area contributed by atoms with Crippen LogP contribution in [0.4, 0.5) is 0 Å². The van der Waals surface area contributed by atoms with Gasteiger partial charge in [0.15, 0.2) is 0 Å². The zero-order valence-corrected chi connectivity index (χ0v) is 13.3. The first kappa shape index (κ1) is 16.5. The van der Waals surface area contributed by atoms with Crippen LogP contribution in [0.2, 0.25) is 0 Å². The van der Waals surface area contributed by atoms with Gasteiger partial charge in [0.2, 0.25) is 5.91 Å². The molecule has 1 heterocycles. The fourth-order valence-electron chi connectivity index (χ4n) is 2.20. The first-order valence-electron chi connectivity index (χ1n) is 6.49. The van der Waals surface area contributed by atoms with Crippen molar-refractivity contribution in [2.24, 2.45) is 0 Å². The van der Waals surface area contributed by atoms with Gasteiger partial charge in [-0.05, 0) is 31.0 Å². The smallest absolute Gasteiger partial charge is 0.222 e. The molecule has 0 spiro atoms. The van der Waals surface area contributed by atoms with E-state index >= 15 is 0 Å². The molecule has 2 rings (SSSR count). The van der Waals surface area contributed by atoms with E-state index in [0.29, 0.717) is 6.42 Å². The Labute approximate surface area is 129 Å². The van der Waals surface area contributed by atoms with Gasteiger partial charge < -0.3 is 10.2 Å². The second kappa shape index (κ2) is 8.56. The van der Waals surface area contributed by atoms with Crippen LogP contribution in [-0.4, -0.2) is 37.0 Å². The van der Waals surface area contributed by atoms with Gasteiger partial charge in [0.1, 0.15) is 0 Å². The van der Waals surface area contributed by atoms with Crippen molar-refractivity contribution in [1.29, 1.82) is 0 Å². The molecule has 3 nitrogen and oxygen atoms in total. The van der Waals surface area contributed by atoms with E-state index in [1.807, 2.05) is 23.1 Å². The van der Waals surface area contributed by atoms with Gasteiger partial charge >= 0.3 is 0 Å². The zero-order chi connectivity index (χ0) is 12.8. The fourth-order valence-corrected chi connectivity index (χ4v) is 2.68. The first-order valence-corrected chi connectivity index (χ1v) is 7.28. The molecule has 0 saturated carbocycles. The summed E-state index contributed by atoms with van der Waals surface area (Å²) in [6.07, 6.45) is 2.47. The number of carbonyl (C=O) groups excluding carboxylic acids is 1. The molecule has 0 radical (unpaired) electrons. The van der Waals surface area contributed by atoms with E-state index in [1.165, 1.54) is 5.56 Å². The number of carbonyl (C=O) groups is 1. The minimum absolute atomic E-state index is 0. The maximum atomic E-state index is 12.1. The number of rotatable bonds is 3. The molecule has 0 aromatic heterocycles. The summed E-state index contributed by atoms with van der Waals surface area (Å²) in [5, 5.41) is 3.31. The van der Waals surface area contributed by atoms with Gasteiger partial charge in [-0.2, -0.15) is 0 Å². The Bertz CT molecular complexity index is 406. The van der Waals surface area contributed by atoms with Crippen LogP contribution in [0.3, 0.4) is 0 Å². The minimum atomic E-state index is 0. The van der Waals surface area contributed by atoms with Gasteiger partial charge in [-0.15, -0.1) is 12.4 Å². The number of amides is 1. The monoisotopic (exact) mass is 346 g/mol. The second-order valence-electron chi connectivity index (χ2n) is 4.58. The molecule has 19 heavy (non-hydrogen) atoms. The van der Waals surface area contributed by atoms with Crippen molar-refractivity contribution in [3.05, 3.63) is 34.3 Å². The highest BCUT2D eigenvalue weighted by molar-refractivity contribution is 9.10. The zero-order valence-electron chi connectivity index (χ0n) is 10.9. The molecule has 0 bridgehead atoms. The summed E-state index contributed by atoms with van der Waals surface area (Å²) in [5.41, 5.74) is 1.21. The van der Waals surface area contributed by atoms with Crippen molar-refractivity contribution in [2.75, 3.05) is 26.2 Å².